The lowest BCUT2D eigenvalue weighted by molar-refractivity contribution is 0.746. The van der Waals surface area contributed by atoms with Crippen LogP contribution in [0.5, 0.6) is 0 Å². The van der Waals surface area contributed by atoms with Gasteiger partial charge in [0.25, 0.3) is 0 Å². The van der Waals surface area contributed by atoms with Gasteiger partial charge in [0.1, 0.15) is 0 Å². The molecule has 0 saturated heterocycles. The van der Waals surface area contributed by atoms with E-state index in [1.807, 2.05) is 0 Å². The highest BCUT2D eigenvalue weighted by atomic mass is 32.2. The largest absolute Gasteiger partial charge is 0.341 e. The number of nitrogens with zero attached hydrogens (tertiary/aromatic N) is 5. The molecule has 1 aromatic heterocycles. The maximum atomic E-state index is 4.62. The van der Waals surface area contributed by atoms with Crippen LogP contribution in [0.3, 0.4) is 0 Å². The van der Waals surface area contributed by atoms with Gasteiger partial charge in [0.15, 0.2) is 5.16 Å². The summed E-state index contributed by atoms with van der Waals surface area (Å²) < 4.78 is 0. The average Bonchev–Trinajstić information content (AvgIpc) is 2.42. The van der Waals surface area contributed by atoms with Crippen molar-refractivity contribution >= 4 is 23.7 Å². The molecule has 0 N–H and O–H groups in total. The molecule has 0 fully saturated rings. The summed E-state index contributed by atoms with van der Waals surface area (Å²) >= 11 is 1.66. The third-order valence-electron chi connectivity index (χ3n) is 2.96. The minimum atomic E-state index is 0.790. The van der Waals surface area contributed by atoms with Crippen LogP contribution in [-0.4, -0.2) is 46.9 Å². The highest BCUT2D eigenvalue weighted by Gasteiger charge is 2.14. The fraction of sp³-hybridized carbons (Fsp3) is 0.769. The molecule has 19 heavy (non-hydrogen) atoms. The molecule has 0 atom stereocenters. The molecule has 0 amide bonds. The van der Waals surface area contributed by atoms with Gasteiger partial charge in [-0.2, -0.15) is 15.0 Å². The molecule has 0 spiro atoms. The van der Waals surface area contributed by atoms with Crippen molar-refractivity contribution in [1.29, 1.82) is 0 Å². The van der Waals surface area contributed by atoms with Crippen LogP contribution in [0.25, 0.3) is 0 Å². The molecular formula is C13H25N5S. The van der Waals surface area contributed by atoms with E-state index < -0.39 is 0 Å². The number of rotatable bonds is 8. The standard InChI is InChI=1S/C13H25N5S/c1-6-17(7-2)11-14-12(18(8-3)9-4)16-13(15-11)19-10-5/h6-10H2,1-5H3. The van der Waals surface area contributed by atoms with E-state index in [9.17, 15) is 0 Å². The summed E-state index contributed by atoms with van der Waals surface area (Å²) in [4.78, 5) is 18.1. The van der Waals surface area contributed by atoms with E-state index in [-0.39, 0.29) is 0 Å². The normalized spacial score (nSPS) is 10.6. The van der Waals surface area contributed by atoms with E-state index in [2.05, 4.69) is 59.4 Å². The minimum absolute atomic E-state index is 0.790. The summed E-state index contributed by atoms with van der Waals surface area (Å²) in [5, 5.41) is 0.821. The van der Waals surface area contributed by atoms with Crippen molar-refractivity contribution in [3.05, 3.63) is 0 Å². The predicted molar refractivity (Wildman–Crippen MR) is 83.3 cm³/mol. The van der Waals surface area contributed by atoms with Crippen LogP contribution < -0.4 is 9.80 Å². The number of anilines is 2. The molecule has 0 saturated carbocycles. The van der Waals surface area contributed by atoms with Crippen LogP contribution >= 0.6 is 11.8 Å². The number of aromatic nitrogens is 3. The monoisotopic (exact) mass is 283 g/mol. The van der Waals surface area contributed by atoms with Gasteiger partial charge < -0.3 is 9.80 Å². The third-order valence-corrected chi connectivity index (χ3v) is 3.69. The highest BCUT2D eigenvalue weighted by molar-refractivity contribution is 7.99. The first-order chi connectivity index (χ1) is 9.19. The van der Waals surface area contributed by atoms with Crippen LogP contribution in [0.1, 0.15) is 34.6 Å². The zero-order valence-corrected chi connectivity index (χ0v) is 13.5. The van der Waals surface area contributed by atoms with Gasteiger partial charge in [-0.25, -0.2) is 0 Å². The molecule has 5 nitrogen and oxygen atoms in total. The van der Waals surface area contributed by atoms with Gasteiger partial charge >= 0.3 is 0 Å². The van der Waals surface area contributed by atoms with E-state index in [1.165, 1.54) is 0 Å². The zero-order chi connectivity index (χ0) is 14.3. The van der Waals surface area contributed by atoms with Crippen LogP contribution in [0, 0.1) is 0 Å². The summed E-state index contributed by atoms with van der Waals surface area (Å²) in [6, 6.07) is 0. The van der Waals surface area contributed by atoms with Crippen LogP contribution in [0.4, 0.5) is 11.9 Å². The highest BCUT2D eigenvalue weighted by Crippen LogP contribution is 2.20. The predicted octanol–water partition coefficient (Wildman–Crippen LogP) is 2.68. The SMILES string of the molecule is CCSc1nc(N(CC)CC)nc(N(CC)CC)n1. The Morgan fingerprint density at radius 2 is 1.16 bits per heavy atom. The molecule has 108 valence electrons. The minimum Gasteiger partial charge on any atom is -0.341 e. The van der Waals surface area contributed by atoms with Gasteiger partial charge in [0.2, 0.25) is 11.9 Å². The van der Waals surface area contributed by atoms with Crippen LogP contribution in [0.15, 0.2) is 5.16 Å². The fourth-order valence-corrected chi connectivity index (χ4v) is 2.38. The van der Waals surface area contributed by atoms with Crippen LogP contribution in [-0.2, 0) is 0 Å². The first-order valence-corrected chi connectivity index (χ1v) is 8.07. The van der Waals surface area contributed by atoms with Crippen molar-refractivity contribution in [3.63, 3.8) is 0 Å². The van der Waals surface area contributed by atoms with Crippen molar-refractivity contribution in [1.82, 2.24) is 15.0 Å². The molecule has 1 aromatic rings. The summed E-state index contributed by atoms with van der Waals surface area (Å²) in [6.45, 7) is 14.2. The molecule has 6 heteroatoms. The molecule has 0 bridgehead atoms. The van der Waals surface area contributed by atoms with Crippen molar-refractivity contribution < 1.29 is 0 Å². The summed E-state index contributed by atoms with van der Waals surface area (Å²) in [5.74, 6) is 2.55. The number of hydrogen-bond donors (Lipinski definition) is 0. The Balaban J connectivity index is 3.16. The van der Waals surface area contributed by atoms with Crippen molar-refractivity contribution in [2.45, 2.75) is 39.8 Å². The molecule has 0 aliphatic heterocycles. The Labute approximate surface area is 120 Å². The van der Waals surface area contributed by atoms with Gasteiger partial charge in [-0.15, -0.1) is 0 Å². The van der Waals surface area contributed by atoms with E-state index >= 15 is 0 Å². The average molecular weight is 283 g/mol. The lowest BCUT2D eigenvalue weighted by atomic mass is 10.5. The molecule has 0 aliphatic carbocycles. The molecular weight excluding hydrogens is 258 g/mol. The Morgan fingerprint density at radius 3 is 1.47 bits per heavy atom. The lowest BCUT2D eigenvalue weighted by Crippen LogP contribution is -2.28. The summed E-state index contributed by atoms with van der Waals surface area (Å²) in [6.07, 6.45) is 0. The van der Waals surface area contributed by atoms with Gasteiger partial charge in [0, 0.05) is 26.2 Å². The van der Waals surface area contributed by atoms with Gasteiger partial charge in [0.05, 0.1) is 0 Å². The molecule has 0 unspecified atom stereocenters. The third kappa shape index (κ3) is 4.23. The van der Waals surface area contributed by atoms with Crippen molar-refractivity contribution in [2.75, 3.05) is 41.7 Å². The first kappa shape index (κ1) is 16.0. The maximum absolute atomic E-state index is 4.62. The second-order valence-electron chi connectivity index (χ2n) is 4.00. The van der Waals surface area contributed by atoms with Crippen molar-refractivity contribution in [2.24, 2.45) is 0 Å². The molecule has 0 aliphatic rings. The molecule has 1 heterocycles. The Kier molecular flexibility index (Phi) is 6.91. The van der Waals surface area contributed by atoms with E-state index in [0.29, 0.717) is 0 Å². The summed E-state index contributed by atoms with van der Waals surface area (Å²) in [7, 11) is 0. The first-order valence-electron chi connectivity index (χ1n) is 7.08. The Bertz CT molecular complexity index is 347. The second kappa shape index (κ2) is 8.19. The topological polar surface area (TPSA) is 45.2 Å². The van der Waals surface area contributed by atoms with E-state index in [4.69, 9.17) is 0 Å². The molecule has 1 rings (SSSR count). The van der Waals surface area contributed by atoms with Gasteiger partial charge in [-0.05, 0) is 33.4 Å². The summed E-state index contributed by atoms with van der Waals surface area (Å²) in [5.41, 5.74) is 0. The molecule has 0 radical (unpaired) electrons. The number of hydrogen-bond acceptors (Lipinski definition) is 6. The maximum Gasteiger partial charge on any atom is 0.231 e. The smallest absolute Gasteiger partial charge is 0.231 e. The lowest BCUT2D eigenvalue weighted by Gasteiger charge is -2.23. The van der Waals surface area contributed by atoms with Gasteiger partial charge in [-0.1, -0.05) is 18.7 Å². The second-order valence-corrected chi connectivity index (χ2v) is 5.23. The van der Waals surface area contributed by atoms with E-state index in [0.717, 1.165) is 49.0 Å². The van der Waals surface area contributed by atoms with Gasteiger partial charge in [-0.3, -0.25) is 0 Å². The fourth-order valence-electron chi connectivity index (χ4n) is 1.82. The number of thioether (sulfide) groups is 1. The Hall–Kier alpha value is -1.04. The Morgan fingerprint density at radius 1 is 0.737 bits per heavy atom. The van der Waals surface area contributed by atoms with E-state index in [1.54, 1.807) is 11.8 Å². The van der Waals surface area contributed by atoms with Crippen LogP contribution in [0.2, 0.25) is 0 Å². The zero-order valence-electron chi connectivity index (χ0n) is 12.7. The molecule has 0 aromatic carbocycles. The quantitative estimate of drug-likeness (QED) is 0.684. The van der Waals surface area contributed by atoms with Crippen molar-refractivity contribution in [3.8, 4) is 0 Å².